The summed E-state index contributed by atoms with van der Waals surface area (Å²) in [5.41, 5.74) is 4.06. The fourth-order valence-corrected chi connectivity index (χ4v) is 4.66. The van der Waals surface area contributed by atoms with E-state index < -0.39 is 0 Å². The molecule has 140 valence electrons. The number of imidazole rings is 1. The van der Waals surface area contributed by atoms with Gasteiger partial charge in [0.25, 0.3) is 5.91 Å². The van der Waals surface area contributed by atoms with Gasteiger partial charge in [0.2, 0.25) is 0 Å². The van der Waals surface area contributed by atoms with Crippen molar-refractivity contribution >= 4 is 16.8 Å². The monoisotopic (exact) mass is 363 g/mol. The van der Waals surface area contributed by atoms with Crippen LogP contribution in [0.1, 0.15) is 34.6 Å². The van der Waals surface area contributed by atoms with Crippen LogP contribution in [0.15, 0.2) is 36.8 Å². The first-order chi connectivity index (χ1) is 13.2. The summed E-state index contributed by atoms with van der Waals surface area (Å²) in [6, 6.07) is 8.30. The Morgan fingerprint density at radius 2 is 2.11 bits per heavy atom. The van der Waals surface area contributed by atoms with E-state index in [9.17, 15) is 4.79 Å². The van der Waals surface area contributed by atoms with Crippen LogP contribution in [0.2, 0.25) is 0 Å². The molecule has 5 heterocycles. The predicted octanol–water partition coefficient (Wildman–Crippen LogP) is 2.94. The van der Waals surface area contributed by atoms with Crippen molar-refractivity contribution in [1.29, 1.82) is 0 Å². The number of fused-ring (bicyclic) bond motifs is 5. The summed E-state index contributed by atoms with van der Waals surface area (Å²) >= 11 is 0. The van der Waals surface area contributed by atoms with Gasteiger partial charge in [-0.15, -0.1) is 0 Å². The van der Waals surface area contributed by atoms with Gasteiger partial charge in [-0.3, -0.25) is 9.69 Å². The van der Waals surface area contributed by atoms with Crippen LogP contribution < -0.4 is 0 Å². The Kier molecular flexibility index (Phi) is 4.01. The van der Waals surface area contributed by atoms with Gasteiger partial charge in [-0.2, -0.15) is 0 Å². The number of hydrogen-bond donors (Lipinski definition) is 2. The zero-order chi connectivity index (χ0) is 18.4. The molecule has 2 bridgehead atoms. The predicted molar refractivity (Wildman–Crippen MR) is 104 cm³/mol. The van der Waals surface area contributed by atoms with Gasteiger partial charge in [0.05, 0.1) is 12.0 Å². The molecular formula is C21H25N5O. The van der Waals surface area contributed by atoms with Crippen LogP contribution >= 0.6 is 0 Å². The molecular weight excluding hydrogens is 338 g/mol. The zero-order valence-electron chi connectivity index (χ0n) is 15.6. The number of carbonyl (C=O) groups is 1. The minimum absolute atomic E-state index is 0.166. The molecule has 2 N–H and O–H groups in total. The molecule has 3 saturated heterocycles. The van der Waals surface area contributed by atoms with Crippen molar-refractivity contribution in [3.63, 3.8) is 0 Å². The molecule has 2 aromatic heterocycles. The smallest absolute Gasteiger partial charge is 0.254 e. The average molecular weight is 363 g/mol. The second kappa shape index (κ2) is 6.53. The summed E-state index contributed by atoms with van der Waals surface area (Å²) in [4.78, 5) is 28.7. The van der Waals surface area contributed by atoms with E-state index in [0.29, 0.717) is 5.92 Å². The second-order valence-corrected chi connectivity index (χ2v) is 8.00. The molecule has 3 aromatic rings. The molecule has 27 heavy (non-hydrogen) atoms. The van der Waals surface area contributed by atoms with Crippen LogP contribution in [0.3, 0.4) is 0 Å². The molecule has 2 atom stereocenters. The van der Waals surface area contributed by atoms with Crippen molar-refractivity contribution in [3.05, 3.63) is 53.7 Å². The van der Waals surface area contributed by atoms with E-state index in [-0.39, 0.29) is 11.9 Å². The van der Waals surface area contributed by atoms with Gasteiger partial charge in [0, 0.05) is 55.2 Å². The molecule has 6 rings (SSSR count). The highest BCUT2D eigenvalue weighted by Gasteiger charge is 2.37. The van der Waals surface area contributed by atoms with Crippen LogP contribution in [0.4, 0.5) is 0 Å². The fourth-order valence-electron chi connectivity index (χ4n) is 4.66. The SMILES string of the molecule is Cc1[nH]cnc1CN1C[C@@H]2CC[C@H](C1)N(C(=O)c1ccc3cc[nH]c3c1)C2. The van der Waals surface area contributed by atoms with E-state index in [4.69, 9.17) is 0 Å². The van der Waals surface area contributed by atoms with Crippen LogP contribution in [0.25, 0.3) is 10.9 Å². The minimum atomic E-state index is 0.166. The number of nitrogens with zero attached hydrogens (tertiary/aromatic N) is 3. The van der Waals surface area contributed by atoms with Crippen molar-refractivity contribution in [2.24, 2.45) is 5.92 Å². The van der Waals surface area contributed by atoms with Crippen LogP contribution in [-0.2, 0) is 6.54 Å². The number of piperidine rings is 1. The number of aromatic nitrogens is 3. The normalized spacial score (nSPS) is 23.1. The van der Waals surface area contributed by atoms with Gasteiger partial charge in [-0.25, -0.2) is 4.98 Å². The largest absolute Gasteiger partial charge is 0.361 e. The van der Waals surface area contributed by atoms with Crippen molar-refractivity contribution in [3.8, 4) is 0 Å². The van der Waals surface area contributed by atoms with Gasteiger partial charge >= 0.3 is 0 Å². The lowest BCUT2D eigenvalue weighted by Gasteiger charge is -2.36. The van der Waals surface area contributed by atoms with Crippen molar-refractivity contribution < 1.29 is 4.79 Å². The molecule has 0 saturated carbocycles. The maximum atomic E-state index is 13.3. The Labute approximate surface area is 158 Å². The third-order valence-electron chi connectivity index (χ3n) is 6.16. The van der Waals surface area contributed by atoms with E-state index in [1.807, 2.05) is 30.5 Å². The maximum Gasteiger partial charge on any atom is 0.254 e. The third-order valence-corrected chi connectivity index (χ3v) is 6.16. The second-order valence-electron chi connectivity index (χ2n) is 8.00. The third kappa shape index (κ3) is 3.04. The van der Waals surface area contributed by atoms with Gasteiger partial charge < -0.3 is 14.9 Å². The lowest BCUT2D eigenvalue weighted by atomic mass is 9.94. The Bertz CT molecular complexity index is 974. The number of nitrogens with one attached hydrogen (secondary N) is 2. The quantitative estimate of drug-likeness (QED) is 0.752. The zero-order valence-corrected chi connectivity index (χ0v) is 15.6. The summed E-state index contributed by atoms with van der Waals surface area (Å²) in [7, 11) is 0. The lowest BCUT2D eigenvalue weighted by Crippen LogP contribution is -2.47. The fraction of sp³-hybridized carbons (Fsp3) is 0.429. The highest BCUT2D eigenvalue weighted by molar-refractivity contribution is 5.98. The molecule has 1 aromatic carbocycles. The maximum absolute atomic E-state index is 13.3. The first-order valence-electron chi connectivity index (χ1n) is 9.76. The van der Waals surface area contributed by atoms with E-state index in [2.05, 4.69) is 31.7 Å². The highest BCUT2D eigenvalue weighted by Crippen LogP contribution is 2.30. The van der Waals surface area contributed by atoms with Gasteiger partial charge in [-0.05, 0) is 49.3 Å². The lowest BCUT2D eigenvalue weighted by molar-refractivity contribution is 0.0585. The Morgan fingerprint density at radius 1 is 1.19 bits per heavy atom. The summed E-state index contributed by atoms with van der Waals surface area (Å²) in [5.74, 6) is 0.708. The molecule has 0 unspecified atom stereocenters. The Morgan fingerprint density at radius 3 is 2.96 bits per heavy atom. The van der Waals surface area contributed by atoms with E-state index in [0.717, 1.165) is 60.5 Å². The molecule has 3 aliphatic rings. The first-order valence-corrected chi connectivity index (χ1v) is 9.76. The summed E-state index contributed by atoms with van der Waals surface area (Å²) < 4.78 is 0. The molecule has 3 aliphatic heterocycles. The molecule has 6 nitrogen and oxygen atoms in total. The average Bonchev–Trinajstić information content (AvgIpc) is 3.20. The molecule has 6 heteroatoms. The summed E-state index contributed by atoms with van der Waals surface area (Å²) in [5, 5.41) is 1.14. The number of hydrogen-bond acceptors (Lipinski definition) is 3. The number of rotatable bonds is 3. The van der Waals surface area contributed by atoms with Crippen LogP contribution in [0, 0.1) is 12.8 Å². The molecule has 0 radical (unpaired) electrons. The van der Waals surface area contributed by atoms with Crippen LogP contribution in [-0.4, -0.2) is 56.3 Å². The van der Waals surface area contributed by atoms with E-state index in [1.165, 1.54) is 6.42 Å². The number of H-pyrrole nitrogens is 2. The standard InChI is InChI=1S/C21H25N5O/c1-14-20(24-13-23-14)12-25-9-15-2-5-18(11-25)26(10-15)21(27)17-4-3-16-6-7-22-19(16)8-17/h3-4,6-8,13,15,18,22H,2,5,9-12H2,1H3,(H,23,24)/t15-,18+/m0/s1. The first kappa shape index (κ1) is 16.6. The molecule has 3 fully saturated rings. The minimum Gasteiger partial charge on any atom is -0.361 e. The van der Waals surface area contributed by atoms with Crippen molar-refractivity contribution in [2.45, 2.75) is 32.4 Å². The Hall–Kier alpha value is -2.60. The molecule has 1 amide bonds. The Balaban J connectivity index is 1.36. The summed E-state index contributed by atoms with van der Waals surface area (Å²) in [6.07, 6.45) is 5.99. The highest BCUT2D eigenvalue weighted by atomic mass is 16.2. The van der Waals surface area contributed by atoms with Gasteiger partial charge in [0.15, 0.2) is 0 Å². The van der Waals surface area contributed by atoms with Crippen molar-refractivity contribution in [2.75, 3.05) is 19.6 Å². The number of amides is 1. The van der Waals surface area contributed by atoms with Crippen LogP contribution in [0.5, 0.6) is 0 Å². The van der Waals surface area contributed by atoms with Crippen molar-refractivity contribution in [1.82, 2.24) is 24.8 Å². The summed E-state index contributed by atoms with van der Waals surface area (Å²) in [6.45, 7) is 5.77. The number of benzene rings is 1. The number of aromatic amines is 2. The topological polar surface area (TPSA) is 68.0 Å². The van der Waals surface area contributed by atoms with E-state index in [1.54, 1.807) is 6.33 Å². The van der Waals surface area contributed by atoms with Gasteiger partial charge in [-0.1, -0.05) is 6.07 Å². The molecule has 0 aliphatic carbocycles. The van der Waals surface area contributed by atoms with Gasteiger partial charge in [0.1, 0.15) is 0 Å². The van der Waals surface area contributed by atoms with E-state index >= 15 is 0 Å². The number of carbonyl (C=O) groups excluding carboxylic acids is 1. The number of aryl methyl sites for hydroxylation is 1. The molecule has 0 spiro atoms.